The van der Waals surface area contributed by atoms with Crippen molar-refractivity contribution in [2.24, 2.45) is 52.3 Å². The number of ether oxygens (including phenoxy) is 10. The van der Waals surface area contributed by atoms with Crippen molar-refractivity contribution in [2.75, 3.05) is 26.4 Å². The van der Waals surface area contributed by atoms with E-state index < -0.39 is 155 Å². The van der Waals surface area contributed by atoms with Crippen LogP contribution in [0.5, 0.6) is 0 Å². The second kappa shape index (κ2) is 21.3. The Balaban J connectivity index is 0.890. The van der Waals surface area contributed by atoms with E-state index in [9.17, 15) is 61.3 Å². The van der Waals surface area contributed by atoms with Gasteiger partial charge in [0, 0.05) is 12.3 Å². The van der Waals surface area contributed by atoms with E-state index in [1.165, 1.54) is 6.92 Å². The van der Waals surface area contributed by atoms with Gasteiger partial charge in [-0.25, -0.2) is 0 Å². The Morgan fingerprint density at radius 3 is 1.78 bits per heavy atom. The summed E-state index contributed by atoms with van der Waals surface area (Å²) in [5, 5.41) is 129. The highest BCUT2D eigenvalue weighted by atomic mass is 16.8. The SMILES string of the molecule is CC1CC[C@@]2(OC1)OC1CC3C4CCC5C[C@@H](O[C@H]6O[C@H](CO[C@@H]7O[C@H](CO)[C@@H](O)[C@H](O)[C@H]7O)[C@@H](O[C@H]7O[C@@H](C)[C@H](O)[C@@H](O)[C@H]7O)[C@H](O)C6O[C@H]6O[C@H](CO)[C@@H](O)[C@H](O)[C@H]6O)CC[C@]5(C)C4CC[C@]3(C)C1[C@@H]2C. The van der Waals surface area contributed by atoms with Crippen LogP contribution in [0.25, 0.3) is 0 Å². The fraction of sp³-hybridized carbons (Fsp3) is 1.00. The van der Waals surface area contributed by atoms with Gasteiger partial charge < -0.3 is 109 Å². The molecule has 32 atom stereocenters. The maximum absolute atomic E-state index is 12.5. The molecule has 8 unspecified atom stereocenters. The maximum Gasteiger partial charge on any atom is 0.187 e. The van der Waals surface area contributed by atoms with Crippen molar-refractivity contribution in [3.63, 3.8) is 0 Å². The van der Waals surface area contributed by atoms with Gasteiger partial charge in [0.25, 0.3) is 0 Å². The van der Waals surface area contributed by atoms with Crippen molar-refractivity contribution in [3.05, 3.63) is 0 Å². The molecule has 73 heavy (non-hydrogen) atoms. The highest BCUT2D eigenvalue weighted by molar-refractivity contribution is 5.15. The third-order valence-electron chi connectivity index (χ3n) is 20.3. The van der Waals surface area contributed by atoms with Crippen molar-refractivity contribution in [3.8, 4) is 0 Å². The lowest BCUT2D eigenvalue weighted by Crippen LogP contribution is -2.67. The second-order valence-electron chi connectivity index (χ2n) is 24.4. The van der Waals surface area contributed by atoms with Crippen molar-refractivity contribution in [1.82, 2.24) is 0 Å². The van der Waals surface area contributed by atoms with Gasteiger partial charge in [0.1, 0.15) is 91.6 Å². The summed E-state index contributed by atoms with van der Waals surface area (Å²) in [4.78, 5) is 0. The molecule has 6 heterocycles. The lowest BCUT2D eigenvalue weighted by Gasteiger charge is -2.61. The quantitative estimate of drug-likeness (QED) is 0.101. The zero-order valence-electron chi connectivity index (χ0n) is 42.6. The van der Waals surface area contributed by atoms with Crippen LogP contribution in [0, 0.1) is 52.3 Å². The van der Waals surface area contributed by atoms with Crippen LogP contribution in [0.1, 0.15) is 98.8 Å². The van der Waals surface area contributed by atoms with Crippen LogP contribution in [0.4, 0.5) is 0 Å². The Morgan fingerprint density at radius 2 is 1.12 bits per heavy atom. The fourth-order valence-electron chi connectivity index (χ4n) is 16.0. The van der Waals surface area contributed by atoms with Gasteiger partial charge >= 0.3 is 0 Å². The molecular weight excluding hydrogens is 965 g/mol. The molecule has 4 saturated carbocycles. The molecule has 420 valence electrons. The van der Waals surface area contributed by atoms with Crippen LogP contribution in [0.15, 0.2) is 0 Å². The molecule has 10 aliphatic rings. The number of rotatable bonds is 11. The van der Waals surface area contributed by atoms with Gasteiger partial charge in [0.15, 0.2) is 30.9 Å². The Bertz CT molecular complexity index is 1860. The van der Waals surface area contributed by atoms with E-state index in [2.05, 4.69) is 27.7 Å². The lowest BCUT2D eigenvalue weighted by molar-refractivity contribution is -0.395. The molecule has 0 radical (unpaired) electrons. The summed E-state index contributed by atoms with van der Waals surface area (Å²) in [6.07, 6.45) is -23.7. The predicted octanol–water partition coefficient (Wildman–Crippen LogP) is -1.88. The minimum absolute atomic E-state index is 0.00805. The van der Waals surface area contributed by atoms with Gasteiger partial charge in [-0.15, -0.1) is 0 Å². The van der Waals surface area contributed by atoms with E-state index in [-0.39, 0.29) is 22.9 Å². The fourth-order valence-corrected chi connectivity index (χ4v) is 16.0. The molecule has 22 heteroatoms. The van der Waals surface area contributed by atoms with Gasteiger partial charge in [0.2, 0.25) is 0 Å². The van der Waals surface area contributed by atoms with Crippen LogP contribution >= 0.6 is 0 Å². The molecule has 1 spiro atoms. The van der Waals surface area contributed by atoms with Crippen molar-refractivity contribution in [2.45, 2.75) is 240 Å². The number of fused-ring (bicyclic) bond motifs is 7. The number of hydrogen-bond donors (Lipinski definition) is 12. The van der Waals surface area contributed by atoms with Crippen molar-refractivity contribution >= 4 is 0 Å². The molecule has 0 aromatic rings. The van der Waals surface area contributed by atoms with E-state index in [0.717, 1.165) is 58.0 Å². The highest BCUT2D eigenvalue weighted by Gasteiger charge is 2.69. The average molecular weight is 1050 g/mol. The van der Waals surface area contributed by atoms with Gasteiger partial charge in [-0.05, 0) is 111 Å². The molecule has 10 fully saturated rings. The van der Waals surface area contributed by atoms with Gasteiger partial charge in [-0.3, -0.25) is 0 Å². The van der Waals surface area contributed by atoms with E-state index >= 15 is 0 Å². The van der Waals surface area contributed by atoms with Crippen molar-refractivity contribution in [1.29, 1.82) is 0 Å². The topological polar surface area (TPSA) is 335 Å². The molecule has 0 amide bonds. The second-order valence-corrected chi connectivity index (χ2v) is 24.4. The smallest absolute Gasteiger partial charge is 0.187 e. The molecule has 6 saturated heterocycles. The summed E-state index contributed by atoms with van der Waals surface area (Å²) in [5.74, 6) is 2.69. The molecule has 10 rings (SSSR count). The zero-order chi connectivity index (χ0) is 52.2. The van der Waals surface area contributed by atoms with E-state index in [4.69, 9.17) is 47.4 Å². The average Bonchev–Trinajstić information content (AvgIpc) is 3.82. The van der Waals surface area contributed by atoms with Gasteiger partial charge in [-0.1, -0.05) is 27.7 Å². The molecule has 0 aromatic carbocycles. The van der Waals surface area contributed by atoms with E-state index in [1.807, 2.05) is 0 Å². The van der Waals surface area contributed by atoms with Crippen LogP contribution in [0.2, 0.25) is 0 Å². The Hall–Kier alpha value is -0.880. The summed E-state index contributed by atoms with van der Waals surface area (Å²) in [6, 6.07) is 0. The normalized spacial score (nSPS) is 58.2. The molecule has 22 nitrogen and oxygen atoms in total. The van der Waals surface area contributed by atoms with Crippen LogP contribution in [-0.4, -0.2) is 229 Å². The van der Waals surface area contributed by atoms with Gasteiger partial charge in [0.05, 0.1) is 44.7 Å². The summed E-state index contributed by atoms with van der Waals surface area (Å²) >= 11 is 0. The first-order valence-electron chi connectivity index (χ1n) is 27.2. The molecule has 4 aliphatic carbocycles. The number of aliphatic hydroxyl groups excluding tert-OH is 12. The minimum atomic E-state index is -1.90. The van der Waals surface area contributed by atoms with Gasteiger partial charge in [-0.2, -0.15) is 0 Å². The molecule has 12 N–H and O–H groups in total. The largest absolute Gasteiger partial charge is 0.394 e. The Kier molecular flexibility index (Phi) is 16.2. The zero-order valence-corrected chi connectivity index (χ0v) is 42.6. The summed E-state index contributed by atoms with van der Waals surface area (Å²) in [7, 11) is 0. The number of aliphatic hydroxyl groups is 12. The Labute approximate surface area is 426 Å². The summed E-state index contributed by atoms with van der Waals surface area (Å²) in [6.45, 7) is 9.64. The van der Waals surface area contributed by atoms with Crippen LogP contribution < -0.4 is 0 Å². The molecule has 0 bridgehead atoms. The number of hydrogen-bond acceptors (Lipinski definition) is 22. The first kappa shape index (κ1) is 55.4. The standard InChI is InChI=1S/C51H84O22/c1-20-8-13-51(65-18-20)21(2)32-28(73-51)15-27-25-7-6-23-14-24(9-11-49(23,4)26(25)10-12-50(27,32)5)67-48-44(72-47-41(62)38(59)35(56)30(17-53)69-47)42(63)43(71-46-40(61)36(57)33(54)22(3)66-46)31(70-48)19-64-45-39(60)37(58)34(55)29(16-52)68-45/h20-48,52-63H,6-19H2,1-5H3/t20?,21-,22-,23?,24-,25?,26?,27?,28?,29+,30+,31+,32?,33-,34+,35+,36+,37-,38-,39+,40+,41+,42-,43+,44?,45+,46+,47+,48-,49-,50-,51+/m0/s1. The minimum Gasteiger partial charge on any atom is -0.394 e. The molecular formula is C51H84O22. The predicted molar refractivity (Wildman–Crippen MR) is 247 cm³/mol. The summed E-state index contributed by atoms with van der Waals surface area (Å²) < 4.78 is 62.5. The highest BCUT2D eigenvalue weighted by Crippen LogP contribution is 2.71. The van der Waals surface area contributed by atoms with Crippen LogP contribution in [-0.2, 0) is 47.4 Å². The van der Waals surface area contributed by atoms with Crippen molar-refractivity contribution < 1.29 is 109 Å². The van der Waals surface area contributed by atoms with Crippen LogP contribution in [0.3, 0.4) is 0 Å². The first-order valence-corrected chi connectivity index (χ1v) is 27.2. The molecule has 6 aliphatic heterocycles. The Morgan fingerprint density at radius 1 is 0.521 bits per heavy atom. The van der Waals surface area contributed by atoms with E-state index in [1.54, 1.807) is 0 Å². The lowest BCUT2D eigenvalue weighted by atomic mass is 9.44. The first-order chi connectivity index (χ1) is 34.6. The van der Waals surface area contributed by atoms with E-state index in [0.29, 0.717) is 48.3 Å². The summed E-state index contributed by atoms with van der Waals surface area (Å²) in [5.41, 5.74) is 0.166. The monoisotopic (exact) mass is 1050 g/mol. The third-order valence-corrected chi connectivity index (χ3v) is 20.3. The maximum atomic E-state index is 12.5. The third kappa shape index (κ3) is 9.60. The molecule has 0 aromatic heterocycles.